The highest BCUT2D eigenvalue weighted by Gasteiger charge is 2.23. The number of ketones is 1. The van der Waals surface area contributed by atoms with Crippen molar-refractivity contribution in [3.63, 3.8) is 0 Å². The second-order valence-corrected chi connectivity index (χ2v) is 5.80. The molecule has 0 atom stereocenters. The highest BCUT2D eigenvalue weighted by atomic mass is 16.1. The van der Waals surface area contributed by atoms with Gasteiger partial charge >= 0.3 is 0 Å². The third-order valence-electron chi connectivity index (χ3n) is 4.02. The van der Waals surface area contributed by atoms with Crippen molar-refractivity contribution in [2.75, 3.05) is 6.54 Å². The summed E-state index contributed by atoms with van der Waals surface area (Å²) in [5, 5.41) is 3.01. The molecule has 116 valence electrons. The van der Waals surface area contributed by atoms with E-state index in [0.29, 0.717) is 31.8 Å². The van der Waals surface area contributed by atoms with Gasteiger partial charge in [0, 0.05) is 37.8 Å². The van der Waals surface area contributed by atoms with Gasteiger partial charge in [-0.15, -0.1) is 0 Å². The maximum atomic E-state index is 12.0. The van der Waals surface area contributed by atoms with Crippen molar-refractivity contribution in [3.8, 4) is 0 Å². The van der Waals surface area contributed by atoms with Crippen LogP contribution in [0.5, 0.6) is 0 Å². The van der Waals surface area contributed by atoms with Crippen LogP contribution in [0.15, 0.2) is 18.7 Å². The second kappa shape index (κ2) is 7.93. The Morgan fingerprint density at radius 2 is 2.05 bits per heavy atom. The number of nitrogens with one attached hydrogen (secondary N) is 1. The van der Waals surface area contributed by atoms with Gasteiger partial charge in [0.1, 0.15) is 0 Å². The van der Waals surface area contributed by atoms with Gasteiger partial charge in [-0.1, -0.05) is 0 Å². The maximum Gasteiger partial charge on any atom is 0.221 e. The van der Waals surface area contributed by atoms with Crippen LogP contribution in [-0.2, 0) is 16.1 Å². The van der Waals surface area contributed by atoms with Crippen LogP contribution >= 0.6 is 0 Å². The number of amides is 1. The predicted octanol–water partition coefficient (Wildman–Crippen LogP) is 0.866. The van der Waals surface area contributed by atoms with Gasteiger partial charge in [-0.3, -0.25) is 9.59 Å². The van der Waals surface area contributed by atoms with Crippen LogP contribution in [0.25, 0.3) is 0 Å². The molecule has 6 nitrogen and oxygen atoms in total. The molecular weight excluding hydrogens is 268 g/mol. The van der Waals surface area contributed by atoms with Crippen molar-refractivity contribution in [1.29, 1.82) is 0 Å². The molecule has 1 aliphatic carbocycles. The second-order valence-electron chi connectivity index (χ2n) is 5.80. The van der Waals surface area contributed by atoms with Crippen LogP contribution in [-0.4, -0.2) is 33.8 Å². The molecule has 6 heteroatoms. The number of carbonyl (C=O) groups excluding carboxylic acids is 2. The van der Waals surface area contributed by atoms with E-state index < -0.39 is 0 Å². The number of hydrogen-bond donors (Lipinski definition) is 2. The Bertz CT molecular complexity index is 450. The van der Waals surface area contributed by atoms with E-state index >= 15 is 0 Å². The summed E-state index contributed by atoms with van der Waals surface area (Å²) in [4.78, 5) is 27.4. The fraction of sp³-hybridized carbons (Fsp3) is 0.667. The maximum absolute atomic E-state index is 12.0. The zero-order chi connectivity index (χ0) is 15.1. The average molecular weight is 292 g/mol. The molecule has 0 spiro atoms. The molecule has 0 bridgehead atoms. The van der Waals surface area contributed by atoms with Gasteiger partial charge in [0.05, 0.1) is 12.9 Å². The Labute approximate surface area is 125 Å². The Kier molecular flexibility index (Phi) is 5.92. The van der Waals surface area contributed by atoms with Crippen LogP contribution in [0, 0.1) is 5.92 Å². The van der Waals surface area contributed by atoms with Crippen molar-refractivity contribution >= 4 is 11.7 Å². The van der Waals surface area contributed by atoms with E-state index in [1.54, 1.807) is 17.1 Å². The topological polar surface area (TPSA) is 90.0 Å². The van der Waals surface area contributed by atoms with Crippen LogP contribution < -0.4 is 11.1 Å². The van der Waals surface area contributed by atoms with Crippen LogP contribution in [0.3, 0.4) is 0 Å². The number of rotatable bonds is 7. The minimum Gasteiger partial charge on any atom is -0.353 e. The highest BCUT2D eigenvalue weighted by Crippen LogP contribution is 2.27. The fourth-order valence-electron chi connectivity index (χ4n) is 2.91. The van der Waals surface area contributed by atoms with Crippen LogP contribution in [0.2, 0.25) is 0 Å². The number of nitrogens with zero attached hydrogens (tertiary/aromatic N) is 2. The van der Waals surface area contributed by atoms with Crippen molar-refractivity contribution < 1.29 is 9.59 Å². The molecule has 0 saturated heterocycles. The van der Waals surface area contributed by atoms with Gasteiger partial charge in [-0.2, -0.15) is 0 Å². The predicted molar refractivity (Wildman–Crippen MR) is 79.4 cm³/mol. The largest absolute Gasteiger partial charge is 0.353 e. The lowest BCUT2D eigenvalue weighted by atomic mass is 9.83. The molecule has 21 heavy (non-hydrogen) atoms. The number of hydrogen-bond acceptors (Lipinski definition) is 4. The van der Waals surface area contributed by atoms with E-state index in [1.165, 1.54) is 0 Å². The Morgan fingerprint density at radius 1 is 1.29 bits per heavy atom. The summed E-state index contributed by atoms with van der Waals surface area (Å²) in [6.07, 6.45) is 10.1. The first-order valence-electron chi connectivity index (χ1n) is 7.64. The fourth-order valence-corrected chi connectivity index (χ4v) is 2.91. The molecule has 1 fully saturated rings. The SMILES string of the molecule is NCCC(=O)NC1CCC(CC(=O)Cn2ccnc2)CC1. The molecule has 0 aliphatic heterocycles. The van der Waals surface area contributed by atoms with E-state index in [2.05, 4.69) is 10.3 Å². The summed E-state index contributed by atoms with van der Waals surface area (Å²) in [7, 11) is 0. The van der Waals surface area contributed by atoms with E-state index in [-0.39, 0.29) is 17.7 Å². The number of aromatic nitrogens is 2. The van der Waals surface area contributed by atoms with E-state index in [0.717, 1.165) is 25.7 Å². The molecule has 1 heterocycles. The molecule has 1 saturated carbocycles. The molecular formula is C15H24N4O2. The summed E-state index contributed by atoms with van der Waals surface area (Å²) in [6.45, 7) is 0.803. The molecule has 2 rings (SSSR count). The monoisotopic (exact) mass is 292 g/mol. The number of carbonyl (C=O) groups is 2. The van der Waals surface area contributed by atoms with E-state index in [4.69, 9.17) is 5.73 Å². The first-order valence-corrected chi connectivity index (χ1v) is 7.64. The van der Waals surface area contributed by atoms with Crippen molar-refractivity contribution in [2.45, 2.75) is 51.1 Å². The van der Waals surface area contributed by atoms with Crippen LogP contribution in [0.1, 0.15) is 38.5 Å². The summed E-state index contributed by atoms with van der Waals surface area (Å²) in [5.74, 6) is 0.740. The van der Waals surface area contributed by atoms with Crippen molar-refractivity contribution in [2.24, 2.45) is 11.7 Å². The zero-order valence-corrected chi connectivity index (χ0v) is 12.3. The lowest BCUT2D eigenvalue weighted by Gasteiger charge is -2.28. The standard InChI is InChI=1S/C15H24N4O2/c16-6-5-15(21)18-13-3-1-12(2-4-13)9-14(20)10-19-8-7-17-11-19/h7-8,11-13H,1-6,9-10,16H2,(H,18,21). The summed E-state index contributed by atoms with van der Waals surface area (Å²) in [5.41, 5.74) is 5.36. The minimum atomic E-state index is 0.0390. The molecule has 0 aromatic carbocycles. The zero-order valence-electron chi connectivity index (χ0n) is 12.3. The number of nitrogens with two attached hydrogens (primary N) is 1. The summed E-state index contributed by atoms with van der Waals surface area (Å²) < 4.78 is 1.81. The smallest absolute Gasteiger partial charge is 0.221 e. The molecule has 1 aromatic rings. The molecule has 1 aromatic heterocycles. The third-order valence-corrected chi connectivity index (χ3v) is 4.02. The normalized spacial score (nSPS) is 22.0. The molecule has 3 N–H and O–H groups in total. The lowest BCUT2D eigenvalue weighted by molar-refractivity contribution is -0.123. The first kappa shape index (κ1) is 15.7. The van der Waals surface area contributed by atoms with Gasteiger partial charge in [-0.05, 0) is 31.6 Å². The van der Waals surface area contributed by atoms with Crippen molar-refractivity contribution in [1.82, 2.24) is 14.9 Å². The van der Waals surface area contributed by atoms with Gasteiger partial charge in [0.15, 0.2) is 5.78 Å². The van der Waals surface area contributed by atoms with Crippen LogP contribution in [0.4, 0.5) is 0 Å². The molecule has 1 amide bonds. The van der Waals surface area contributed by atoms with Gasteiger partial charge in [-0.25, -0.2) is 4.98 Å². The summed E-state index contributed by atoms with van der Waals surface area (Å²) in [6, 6.07) is 0.254. The van der Waals surface area contributed by atoms with E-state index in [9.17, 15) is 9.59 Å². The number of imidazole rings is 1. The quantitative estimate of drug-likeness (QED) is 0.780. The Hall–Kier alpha value is -1.69. The number of Topliss-reactive ketones (excluding diaryl/α,β-unsaturated/α-hetero) is 1. The molecule has 0 unspecified atom stereocenters. The summed E-state index contributed by atoms with van der Waals surface area (Å²) >= 11 is 0. The van der Waals surface area contributed by atoms with Gasteiger partial charge < -0.3 is 15.6 Å². The van der Waals surface area contributed by atoms with E-state index in [1.807, 2.05) is 6.20 Å². The minimum absolute atomic E-state index is 0.0390. The Balaban J connectivity index is 1.66. The highest BCUT2D eigenvalue weighted by molar-refractivity contribution is 5.78. The lowest BCUT2D eigenvalue weighted by Crippen LogP contribution is -2.38. The molecule has 1 aliphatic rings. The molecule has 0 radical (unpaired) electrons. The van der Waals surface area contributed by atoms with Crippen molar-refractivity contribution in [3.05, 3.63) is 18.7 Å². The average Bonchev–Trinajstić information content (AvgIpc) is 2.94. The first-order chi connectivity index (χ1) is 10.2. The van der Waals surface area contributed by atoms with Gasteiger partial charge in [0.25, 0.3) is 0 Å². The third kappa shape index (κ3) is 5.30. The van der Waals surface area contributed by atoms with Gasteiger partial charge in [0.2, 0.25) is 5.91 Å². The Morgan fingerprint density at radius 3 is 2.67 bits per heavy atom.